The molecule has 24 heavy (non-hydrogen) atoms. The summed E-state index contributed by atoms with van der Waals surface area (Å²) in [6.07, 6.45) is 1.30. The summed E-state index contributed by atoms with van der Waals surface area (Å²) in [7, 11) is 0. The van der Waals surface area contributed by atoms with Crippen LogP contribution in [0.25, 0.3) is 5.82 Å². The molecule has 3 rings (SSSR count). The molecule has 0 saturated heterocycles. The van der Waals surface area contributed by atoms with Crippen molar-refractivity contribution in [2.45, 2.75) is 20.4 Å². The Bertz CT molecular complexity index is 876. The van der Waals surface area contributed by atoms with E-state index in [2.05, 4.69) is 20.4 Å². The highest BCUT2D eigenvalue weighted by molar-refractivity contribution is 5.64. The number of rotatable bonds is 5. The normalized spacial score (nSPS) is 10.6. The first-order chi connectivity index (χ1) is 11.6. The number of nitrogens with zero attached hydrogens (tertiary/aromatic N) is 5. The van der Waals surface area contributed by atoms with Crippen molar-refractivity contribution in [2.24, 2.45) is 0 Å². The van der Waals surface area contributed by atoms with E-state index < -0.39 is 4.92 Å². The first kappa shape index (κ1) is 15.6. The van der Waals surface area contributed by atoms with Crippen molar-refractivity contribution in [2.75, 3.05) is 5.32 Å². The average molecular weight is 324 g/mol. The minimum absolute atomic E-state index is 0.149. The van der Waals surface area contributed by atoms with E-state index in [0.717, 1.165) is 17.0 Å². The summed E-state index contributed by atoms with van der Waals surface area (Å²) in [5.41, 5.74) is 2.33. The van der Waals surface area contributed by atoms with Crippen molar-refractivity contribution in [1.29, 1.82) is 0 Å². The Morgan fingerprint density at radius 2 is 1.96 bits per heavy atom. The van der Waals surface area contributed by atoms with Crippen LogP contribution < -0.4 is 5.32 Å². The van der Waals surface area contributed by atoms with Gasteiger partial charge in [-0.2, -0.15) is 5.10 Å². The monoisotopic (exact) mass is 324 g/mol. The lowest BCUT2D eigenvalue weighted by Gasteiger charge is -2.09. The summed E-state index contributed by atoms with van der Waals surface area (Å²) < 4.78 is 1.46. The zero-order valence-corrected chi connectivity index (χ0v) is 13.3. The van der Waals surface area contributed by atoms with E-state index in [-0.39, 0.29) is 17.3 Å². The molecular formula is C16H16N6O2. The van der Waals surface area contributed by atoms with Gasteiger partial charge in [-0.25, -0.2) is 14.6 Å². The first-order valence-electron chi connectivity index (χ1n) is 7.37. The molecule has 8 heteroatoms. The maximum Gasteiger partial charge on any atom is 0.355 e. The maximum atomic E-state index is 11.6. The molecule has 0 spiro atoms. The molecule has 0 atom stereocenters. The number of nitro groups is 1. The van der Waals surface area contributed by atoms with Gasteiger partial charge in [0, 0.05) is 12.2 Å². The molecule has 122 valence electrons. The van der Waals surface area contributed by atoms with Crippen LogP contribution in [-0.2, 0) is 6.54 Å². The molecule has 0 bridgehead atoms. The third-order valence-corrected chi connectivity index (χ3v) is 3.50. The Balaban J connectivity index is 1.99. The van der Waals surface area contributed by atoms with Crippen LogP contribution >= 0.6 is 0 Å². The molecule has 2 aromatic heterocycles. The Morgan fingerprint density at radius 1 is 1.21 bits per heavy atom. The molecule has 0 radical (unpaired) electrons. The SMILES string of the molecule is Cc1cc(C)n(-c2ncnc(NCc3ccccc3)c2[N+](=O)[O-])n1. The number of benzene rings is 1. The Hall–Kier alpha value is -3.29. The lowest BCUT2D eigenvalue weighted by Crippen LogP contribution is -2.11. The molecule has 2 heterocycles. The number of hydrogen-bond donors (Lipinski definition) is 1. The van der Waals surface area contributed by atoms with Crippen molar-refractivity contribution in [3.63, 3.8) is 0 Å². The topological polar surface area (TPSA) is 98.8 Å². The first-order valence-corrected chi connectivity index (χ1v) is 7.37. The van der Waals surface area contributed by atoms with Crippen LogP contribution in [-0.4, -0.2) is 24.7 Å². The molecular weight excluding hydrogens is 308 g/mol. The highest BCUT2D eigenvalue weighted by Gasteiger charge is 2.25. The van der Waals surface area contributed by atoms with E-state index in [1.165, 1.54) is 11.0 Å². The van der Waals surface area contributed by atoms with E-state index >= 15 is 0 Å². The van der Waals surface area contributed by atoms with Gasteiger partial charge in [-0.15, -0.1) is 0 Å². The summed E-state index contributed by atoms with van der Waals surface area (Å²) in [4.78, 5) is 19.2. The van der Waals surface area contributed by atoms with Crippen molar-refractivity contribution in [3.05, 3.63) is 69.8 Å². The Labute approximate surface area is 138 Å². The zero-order chi connectivity index (χ0) is 17.1. The van der Waals surface area contributed by atoms with Crippen molar-refractivity contribution in [1.82, 2.24) is 19.7 Å². The summed E-state index contributed by atoms with van der Waals surface area (Å²) in [6.45, 7) is 4.07. The van der Waals surface area contributed by atoms with Crippen LogP contribution in [0.4, 0.5) is 11.5 Å². The smallest absolute Gasteiger partial charge is 0.355 e. The fourth-order valence-electron chi connectivity index (χ4n) is 2.45. The van der Waals surface area contributed by atoms with Crippen LogP contribution in [0.1, 0.15) is 17.0 Å². The second-order valence-corrected chi connectivity index (χ2v) is 5.33. The van der Waals surface area contributed by atoms with Crippen molar-refractivity contribution >= 4 is 11.5 Å². The van der Waals surface area contributed by atoms with Gasteiger partial charge < -0.3 is 5.32 Å². The van der Waals surface area contributed by atoms with Crippen LogP contribution in [0.15, 0.2) is 42.7 Å². The largest absolute Gasteiger partial charge is 0.360 e. The lowest BCUT2D eigenvalue weighted by molar-refractivity contribution is -0.384. The van der Waals surface area contributed by atoms with Gasteiger partial charge in [0.05, 0.1) is 10.6 Å². The Morgan fingerprint density at radius 3 is 2.58 bits per heavy atom. The third kappa shape index (κ3) is 3.07. The number of hydrogen-bond acceptors (Lipinski definition) is 6. The van der Waals surface area contributed by atoms with E-state index in [0.29, 0.717) is 6.54 Å². The highest BCUT2D eigenvalue weighted by atomic mass is 16.6. The zero-order valence-electron chi connectivity index (χ0n) is 13.3. The number of anilines is 1. The van der Waals surface area contributed by atoms with E-state index in [1.807, 2.05) is 50.2 Å². The molecule has 1 aromatic carbocycles. The quantitative estimate of drug-likeness (QED) is 0.572. The summed E-state index contributed by atoms with van der Waals surface area (Å²) in [5.74, 6) is 0.317. The minimum Gasteiger partial charge on any atom is -0.360 e. The predicted molar refractivity (Wildman–Crippen MR) is 89.1 cm³/mol. The molecule has 0 saturated carbocycles. The van der Waals surface area contributed by atoms with Gasteiger partial charge in [0.25, 0.3) is 0 Å². The summed E-state index contributed by atoms with van der Waals surface area (Å²) >= 11 is 0. The number of nitrogens with one attached hydrogen (secondary N) is 1. The summed E-state index contributed by atoms with van der Waals surface area (Å²) in [5, 5.41) is 18.9. The van der Waals surface area contributed by atoms with Gasteiger partial charge >= 0.3 is 5.69 Å². The predicted octanol–water partition coefficient (Wildman–Crippen LogP) is 2.80. The molecule has 0 unspecified atom stereocenters. The molecule has 8 nitrogen and oxygen atoms in total. The lowest BCUT2D eigenvalue weighted by atomic mass is 10.2. The standard InChI is InChI=1S/C16H16N6O2/c1-11-8-12(2)21(20-11)16-14(22(23)24)15(18-10-19-16)17-9-13-6-4-3-5-7-13/h3-8,10H,9H2,1-2H3,(H,17,18,19). The minimum atomic E-state index is -0.487. The van der Waals surface area contributed by atoms with Crippen molar-refractivity contribution < 1.29 is 4.92 Å². The van der Waals surface area contributed by atoms with Crippen LogP contribution in [0.3, 0.4) is 0 Å². The molecule has 3 aromatic rings. The maximum absolute atomic E-state index is 11.6. The molecule has 1 N–H and O–H groups in total. The summed E-state index contributed by atoms with van der Waals surface area (Å²) in [6, 6.07) is 11.4. The van der Waals surface area contributed by atoms with Gasteiger partial charge in [-0.3, -0.25) is 10.1 Å². The molecule has 0 aliphatic rings. The van der Waals surface area contributed by atoms with Crippen molar-refractivity contribution in [3.8, 4) is 5.82 Å². The highest BCUT2D eigenvalue weighted by Crippen LogP contribution is 2.28. The molecule has 0 fully saturated rings. The van der Waals surface area contributed by atoms with E-state index in [4.69, 9.17) is 0 Å². The van der Waals surface area contributed by atoms with Gasteiger partial charge in [-0.05, 0) is 25.5 Å². The fourth-order valence-corrected chi connectivity index (χ4v) is 2.45. The average Bonchev–Trinajstić information content (AvgIpc) is 2.91. The molecule has 0 aliphatic carbocycles. The van der Waals surface area contributed by atoms with Crippen LogP contribution in [0, 0.1) is 24.0 Å². The van der Waals surface area contributed by atoms with E-state index in [9.17, 15) is 10.1 Å². The van der Waals surface area contributed by atoms with Gasteiger partial charge in [0.15, 0.2) is 0 Å². The number of aromatic nitrogens is 4. The van der Waals surface area contributed by atoms with Gasteiger partial charge in [0.2, 0.25) is 11.6 Å². The second kappa shape index (κ2) is 6.45. The third-order valence-electron chi connectivity index (χ3n) is 3.50. The van der Waals surface area contributed by atoms with E-state index in [1.54, 1.807) is 0 Å². The molecule has 0 aliphatic heterocycles. The molecule has 0 amide bonds. The van der Waals surface area contributed by atoms with Crippen LogP contribution in [0.5, 0.6) is 0 Å². The fraction of sp³-hybridized carbons (Fsp3) is 0.188. The van der Waals surface area contributed by atoms with Gasteiger partial charge in [-0.1, -0.05) is 30.3 Å². The Kier molecular flexibility index (Phi) is 4.19. The number of aryl methyl sites for hydroxylation is 2. The van der Waals surface area contributed by atoms with Crippen LogP contribution in [0.2, 0.25) is 0 Å². The van der Waals surface area contributed by atoms with Gasteiger partial charge in [0.1, 0.15) is 6.33 Å². The second-order valence-electron chi connectivity index (χ2n) is 5.33.